The van der Waals surface area contributed by atoms with Crippen LogP contribution >= 0.6 is 13.5 Å². The monoisotopic (exact) mass is 382 g/mol. The minimum absolute atomic E-state index is 0. The largest absolute Gasteiger partial charge is 0.673 e. The zero-order chi connectivity index (χ0) is 18.0. The molecule has 0 bridgehead atoms. The minimum Gasteiger partial charge on any atom is -0.418 e. The van der Waals surface area contributed by atoms with E-state index in [-0.39, 0.29) is 13.5 Å². The molecule has 0 saturated heterocycles. The lowest BCUT2D eigenvalue weighted by atomic mass is 10.3. The van der Waals surface area contributed by atoms with Crippen molar-refractivity contribution in [1.82, 2.24) is 0 Å². The van der Waals surface area contributed by atoms with Crippen molar-refractivity contribution in [3.8, 4) is 0 Å². The molecule has 0 unspecified atom stereocenters. The molecule has 0 heterocycles. The topological polar surface area (TPSA) is 0 Å². The van der Waals surface area contributed by atoms with Crippen molar-refractivity contribution >= 4 is 42.5 Å². The van der Waals surface area contributed by atoms with Crippen LogP contribution < -0.4 is 0 Å². The standard InChI is InChI=1S/4BF4.H2S/c4*2-1(3,4)5;/h;;;;1H2/q4*-1;. The van der Waals surface area contributed by atoms with Crippen LogP contribution in [0, 0.1) is 0 Å². The van der Waals surface area contributed by atoms with Gasteiger partial charge in [0.25, 0.3) is 0 Å². The average Bonchev–Trinajstić information content (AvgIpc) is 1.62. The lowest BCUT2D eigenvalue weighted by Crippen LogP contribution is -2.02. The zero-order valence-electron chi connectivity index (χ0n) is 8.86. The van der Waals surface area contributed by atoms with E-state index in [9.17, 15) is 69.1 Å². The van der Waals surface area contributed by atoms with Crippen molar-refractivity contribution in [3.05, 3.63) is 0 Å². The van der Waals surface area contributed by atoms with Gasteiger partial charge in [-0.2, -0.15) is 13.5 Å². The third-order valence-corrected chi connectivity index (χ3v) is 0. The molecule has 0 aromatic carbocycles. The summed E-state index contributed by atoms with van der Waals surface area (Å²) in [4.78, 5) is 0. The van der Waals surface area contributed by atoms with Crippen LogP contribution in [0.2, 0.25) is 0 Å². The Labute approximate surface area is 113 Å². The molecule has 136 valence electrons. The maximum Gasteiger partial charge on any atom is 0.673 e. The van der Waals surface area contributed by atoms with E-state index in [4.69, 9.17) is 0 Å². The predicted molar refractivity (Wildman–Crippen MR) is 51.1 cm³/mol. The van der Waals surface area contributed by atoms with Gasteiger partial charge in [0, 0.05) is 0 Å². The van der Waals surface area contributed by atoms with Crippen LogP contribution in [0.3, 0.4) is 0 Å². The van der Waals surface area contributed by atoms with Gasteiger partial charge in [-0.1, -0.05) is 0 Å². The van der Waals surface area contributed by atoms with Gasteiger partial charge in [-0.3, -0.25) is 0 Å². The van der Waals surface area contributed by atoms with Gasteiger partial charge < -0.3 is 69.1 Å². The molecule has 0 rings (SSSR count). The van der Waals surface area contributed by atoms with E-state index in [1.807, 2.05) is 0 Å². The Bertz CT molecular complexity index is 130. The first kappa shape index (κ1) is 32.4. The molecule has 0 saturated carbocycles. The molecule has 0 N–H and O–H groups in total. The Kier molecular flexibility index (Phi) is 18.7. The van der Waals surface area contributed by atoms with E-state index in [2.05, 4.69) is 0 Å². The Balaban J connectivity index is -0.0000000533. The van der Waals surface area contributed by atoms with Crippen molar-refractivity contribution in [2.45, 2.75) is 0 Å². The van der Waals surface area contributed by atoms with Gasteiger partial charge >= 0.3 is 29.0 Å². The van der Waals surface area contributed by atoms with E-state index in [1.165, 1.54) is 0 Å². The van der Waals surface area contributed by atoms with Crippen molar-refractivity contribution in [2.24, 2.45) is 0 Å². The SMILES string of the molecule is F[B-](F)(F)F.F[B-](F)(F)F.F[B-](F)(F)F.F[B-](F)(F)F.S. The van der Waals surface area contributed by atoms with Crippen LogP contribution in [0.15, 0.2) is 0 Å². The third-order valence-electron chi connectivity index (χ3n) is 0. The van der Waals surface area contributed by atoms with Crippen molar-refractivity contribution < 1.29 is 69.1 Å². The summed E-state index contributed by atoms with van der Waals surface area (Å²) >= 11 is 0. The molecule has 0 spiro atoms. The molecule has 0 nitrogen and oxygen atoms in total. The molecular weight excluding hydrogens is 379 g/mol. The summed E-state index contributed by atoms with van der Waals surface area (Å²) in [6.07, 6.45) is 0. The Morgan fingerprint density at radius 3 is 0.238 bits per heavy atom. The maximum absolute atomic E-state index is 9.75. The number of hydrogen-bond acceptors (Lipinski definition) is 0. The molecular formula is H2B4F16S-4. The highest BCUT2D eigenvalue weighted by molar-refractivity contribution is 7.59. The normalized spacial score (nSPS) is 11.4. The van der Waals surface area contributed by atoms with E-state index < -0.39 is 29.0 Å². The van der Waals surface area contributed by atoms with Gasteiger partial charge in [0.15, 0.2) is 0 Å². The third kappa shape index (κ3) is 22900. The van der Waals surface area contributed by atoms with Crippen LogP contribution in [-0.2, 0) is 0 Å². The van der Waals surface area contributed by atoms with Gasteiger partial charge in [0.2, 0.25) is 0 Å². The number of rotatable bonds is 0. The van der Waals surface area contributed by atoms with E-state index in [0.717, 1.165) is 0 Å². The zero-order valence-corrected chi connectivity index (χ0v) is 9.86. The quantitative estimate of drug-likeness (QED) is 0.394. The fourth-order valence-electron chi connectivity index (χ4n) is 0. The highest BCUT2D eigenvalue weighted by atomic mass is 32.1. The van der Waals surface area contributed by atoms with Crippen molar-refractivity contribution in [1.29, 1.82) is 0 Å². The summed E-state index contributed by atoms with van der Waals surface area (Å²) < 4.78 is 156. The summed E-state index contributed by atoms with van der Waals surface area (Å²) in [5.41, 5.74) is 0. The molecule has 0 aromatic rings. The fraction of sp³-hybridized carbons (Fsp3) is 0. The lowest BCUT2D eigenvalue weighted by molar-refractivity contribution is 0.366. The second-order valence-electron chi connectivity index (χ2n) is 1.98. The number of hydrogen-bond donors (Lipinski definition) is 0. The molecule has 21 heavy (non-hydrogen) atoms. The van der Waals surface area contributed by atoms with Crippen molar-refractivity contribution in [3.63, 3.8) is 0 Å². The van der Waals surface area contributed by atoms with E-state index in [1.54, 1.807) is 0 Å². The predicted octanol–water partition coefficient (Wildman–Crippen LogP) is 5.31. The minimum atomic E-state index is -6.00. The number of halogens is 16. The van der Waals surface area contributed by atoms with Gasteiger partial charge in [0.1, 0.15) is 0 Å². The second kappa shape index (κ2) is 12.1. The summed E-state index contributed by atoms with van der Waals surface area (Å²) in [5, 5.41) is 0. The van der Waals surface area contributed by atoms with Crippen LogP contribution in [-0.4, -0.2) is 29.0 Å². The summed E-state index contributed by atoms with van der Waals surface area (Å²) in [7, 11) is -24.0. The molecule has 0 aliphatic rings. The maximum atomic E-state index is 9.75. The van der Waals surface area contributed by atoms with Crippen LogP contribution in [0.4, 0.5) is 69.1 Å². The van der Waals surface area contributed by atoms with Crippen LogP contribution in [0.5, 0.6) is 0 Å². The highest BCUT2D eigenvalue weighted by Crippen LogP contribution is 2.08. The van der Waals surface area contributed by atoms with E-state index in [0.29, 0.717) is 0 Å². The lowest BCUT2D eigenvalue weighted by Gasteiger charge is -1.94. The first-order valence-electron chi connectivity index (χ1n) is 3.49. The molecule has 0 radical (unpaired) electrons. The van der Waals surface area contributed by atoms with Gasteiger partial charge in [-0.15, -0.1) is 0 Å². The Hall–Kier alpha value is -0.510. The molecule has 0 aliphatic carbocycles. The summed E-state index contributed by atoms with van der Waals surface area (Å²) in [5.74, 6) is 0. The molecule has 0 aliphatic heterocycles. The first-order valence-corrected chi connectivity index (χ1v) is 3.49. The molecule has 0 aromatic heterocycles. The first-order chi connectivity index (χ1) is 8.00. The molecule has 0 atom stereocenters. The fourth-order valence-corrected chi connectivity index (χ4v) is 0. The van der Waals surface area contributed by atoms with Crippen molar-refractivity contribution in [2.75, 3.05) is 0 Å². The molecule has 21 heteroatoms. The highest BCUT2D eigenvalue weighted by Gasteiger charge is 2.21. The van der Waals surface area contributed by atoms with Gasteiger partial charge in [-0.25, -0.2) is 0 Å². The second-order valence-corrected chi connectivity index (χ2v) is 1.98. The van der Waals surface area contributed by atoms with Gasteiger partial charge in [-0.05, 0) is 0 Å². The van der Waals surface area contributed by atoms with Crippen LogP contribution in [0.25, 0.3) is 0 Å². The average molecular weight is 381 g/mol. The van der Waals surface area contributed by atoms with E-state index >= 15 is 0 Å². The summed E-state index contributed by atoms with van der Waals surface area (Å²) in [6.45, 7) is 0. The van der Waals surface area contributed by atoms with Crippen LogP contribution in [0.1, 0.15) is 0 Å². The van der Waals surface area contributed by atoms with Gasteiger partial charge in [0.05, 0.1) is 0 Å². The Morgan fingerprint density at radius 2 is 0.238 bits per heavy atom. The summed E-state index contributed by atoms with van der Waals surface area (Å²) in [6, 6.07) is 0. The molecule has 0 fully saturated rings. The smallest absolute Gasteiger partial charge is 0.418 e. The molecule has 0 amide bonds. The Morgan fingerprint density at radius 1 is 0.238 bits per heavy atom.